The van der Waals surface area contributed by atoms with Crippen molar-refractivity contribution in [2.75, 3.05) is 20.1 Å². The van der Waals surface area contributed by atoms with Crippen LogP contribution in [0.2, 0.25) is 0 Å². The Morgan fingerprint density at radius 1 is 1.38 bits per heavy atom. The molecule has 0 aliphatic carbocycles. The van der Waals surface area contributed by atoms with Crippen LogP contribution in [0.25, 0.3) is 10.5 Å². The number of primary amides is 1. The summed E-state index contributed by atoms with van der Waals surface area (Å²) in [6, 6.07) is -0.352. The van der Waals surface area contributed by atoms with Gasteiger partial charge in [0.05, 0.1) is 12.2 Å². The molecule has 0 radical (unpaired) electrons. The van der Waals surface area contributed by atoms with Gasteiger partial charge < -0.3 is 16.0 Å². The normalized spacial score (nSPS) is 14.9. The van der Waals surface area contributed by atoms with E-state index in [0.717, 1.165) is 29.2 Å². The van der Waals surface area contributed by atoms with Crippen LogP contribution >= 0.6 is 11.3 Å². The minimum Gasteiger partial charge on any atom is -0.351 e. The number of hydrogen-bond donors (Lipinski definition) is 2. The number of urea groups is 1. The van der Waals surface area contributed by atoms with Crippen LogP contribution in [0.1, 0.15) is 44.0 Å². The Balaban J connectivity index is 0.00000117. The second kappa shape index (κ2) is 9.00. The summed E-state index contributed by atoms with van der Waals surface area (Å²) >= 11 is 1.64. The number of nitrogens with one attached hydrogen (secondary N) is 1. The topological polar surface area (TPSA) is 75.7 Å². The molecule has 2 aromatic rings. The number of rotatable bonds is 4. The van der Waals surface area contributed by atoms with Crippen molar-refractivity contribution in [3.8, 4) is 0 Å². The van der Waals surface area contributed by atoms with Crippen molar-refractivity contribution in [2.45, 2.75) is 40.7 Å². The summed E-state index contributed by atoms with van der Waals surface area (Å²) in [4.78, 5) is 19.9. The fourth-order valence-corrected chi connectivity index (χ4v) is 4.04. The lowest BCUT2D eigenvalue weighted by Gasteiger charge is -2.24. The van der Waals surface area contributed by atoms with Gasteiger partial charge in [0, 0.05) is 36.3 Å². The molecule has 1 aliphatic heterocycles. The van der Waals surface area contributed by atoms with Gasteiger partial charge in [-0.25, -0.2) is 9.78 Å². The summed E-state index contributed by atoms with van der Waals surface area (Å²) in [6.07, 6.45) is 7.15. The number of nitrogens with zero attached hydrogens (tertiary/aromatic N) is 3. The number of nitrogens with two attached hydrogens (primary N) is 1. The highest BCUT2D eigenvalue weighted by Gasteiger charge is 2.24. The number of fused-ring (bicyclic) bond motifs is 3. The summed E-state index contributed by atoms with van der Waals surface area (Å²) in [5.74, 6) is 0. The van der Waals surface area contributed by atoms with E-state index >= 15 is 0 Å². The van der Waals surface area contributed by atoms with Crippen molar-refractivity contribution in [3.05, 3.63) is 40.2 Å². The van der Waals surface area contributed by atoms with Gasteiger partial charge in [0.1, 0.15) is 0 Å². The molecule has 2 amide bonds. The zero-order valence-electron chi connectivity index (χ0n) is 16.3. The lowest BCUT2D eigenvalue weighted by molar-refractivity contribution is 0.202. The number of carbonyl (C=O) groups excluding carboxylic acids is 1. The third-order valence-electron chi connectivity index (χ3n) is 4.24. The van der Waals surface area contributed by atoms with Crippen LogP contribution in [0.15, 0.2) is 23.9 Å². The standard InChI is InChI=1S/C17H23N5OS.C2H6/c1-11(8-19-3)4-5-12(2)13-9-22-14-6-7-21(16(18)23)10-15(14)24-17(22)20-13;1-2/h4-5,9,19H,6-8,10H2,1-3H3,(H2,18,23);1-2H3/b11-4+,12-5+;. The first-order valence-electron chi connectivity index (χ1n) is 9.02. The van der Waals surface area contributed by atoms with Crippen molar-refractivity contribution in [3.63, 3.8) is 0 Å². The lowest BCUT2D eigenvalue weighted by Crippen LogP contribution is -2.39. The minimum absolute atomic E-state index is 0.352. The van der Waals surface area contributed by atoms with E-state index in [9.17, 15) is 4.79 Å². The number of amides is 2. The molecule has 142 valence electrons. The van der Waals surface area contributed by atoms with E-state index in [1.807, 2.05) is 20.9 Å². The molecule has 0 saturated heterocycles. The van der Waals surface area contributed by atoms with E-state index in [0.29, 0.717) is 13.1 Å². The highest BCUT2D eigenvalue weighted by Crippen LogP contribution is 2.30. The number of hydrogen-bond acceptors (Lipinski definition) is 4. The molecule has 3 N–H and O–H groups in total. The van der Waals surface area contributed by atoms with Gasteiger partial charge in [-0.1, -0.05) is 42.9 Å². The summed E-state index contributed by atoms with van der Waals surface area (Å²) in [5.41, 5.74) is 10.1. The molecule has 2 aromatic heterocycles. The molecule has 0 unspecified atom stereocenters. The molecule has 0 aromatic carbocycles. The molecule has 0 bridgehead atoms. The zero-order valence-corrected chi connectivity index (χ0v) is 17.1. The molecule has 0 spiro atoms. The molecule has 1 aliphatic rings. The molecular weight excluding hydrogens is 346 g/mol. The van der Waals surface area contributed by atoms with Gasteiger partial charge in [-0.3, -0.25) is 4.40 Å². The summed E-state index contributed by atoms with van der Waals surface area (Å²) in [6.45, 7) is 10.3. The predicted molar refractivity (Wildman–Crippen MR) is 109 cm³/mol. The van der Waals surface area contributed by atoms with E-state index in [4.69, 9.17) is 10.7 Å². The van der Waals surface area contributed by atoms with Crippen LogP contribution in [0.4, 0.5) is 4.79 Å². The maximum atomic E-state index is 11.3. The number of aromatic nitrogens is 2. The highest BCUT2D eigenvalue weighted by molar-refractivity contribution is 7.17. The first-order valence-corrected chi connectivity index (χ1v) is 9.84. The van der Waals surface area contributed by atoms with Gasteiger partial charge in [0.15, 0.2) is 4.96 Å². The Morgan fingerprint density at radius 2 is 2.12 bits per heavy atom. The molecular formula is C19H29N5OS. The van der Waals surface area contributed by atoms with Crippen LogP contribution in [-0.2, 0) is 13.0 Å². The fourth-order valence-electron chi connectivity index (χ4n) is 2.88. The Morgan fingerprint density at radius 3 is 2.77 bits per heavy atom. The molecule has 3 rings (SSSR count). The molecule has 0 fully saturated rings. The SMILES string of the molecule is CC.CNC/C(C)=C/C=C(\C)c1cn2c3c(sc2n1)CN(C(N)=O)CC3. The number of allylic oxidation sites excluding steroid dienone is 3. The summed E-state index contributed by atoms with van der Waals surface area (Å²) in [5, 5.41) is 3.14. The van der Waals surface area contributed by atoms with Gasteiger partial charge in [-0.05, 0) is 26.5 Å². The van der Waals surface area contributed by atoms with Crippen LogP contribution in [0.3, 0.4) is 0 Å². The highest BCUT2D eigenvalue weighted by atomic mass is 32.1. The number of imidazole rings is 1. The lowest BCUT2D eigenvalue weighted by atomic mass is 10.1. The minimum atomic E-state index is -0.352. The van der Waals surface area contributed by atoms with Crippen LogP contribution < -0.4 is 11.1 Å². The van der Waals surface area contributed by atoms with Crippen LogP contribution in [0.5, 0.6) is 0 Å². The van der Waals surface area contributed by atoms with Crippen molar-refractivity contribution in [1.82, 2.24) is 19.6 Å². The van der Waals surface area contributed by atoms with Crippen molar-refractivity contribution in [1.29, 1.82) is 0 Å². The molecule has 0 atom stereocenters. The fraction of sp³-hybridized carbons (Fsp3) is 0.474. The number of carbonyl (C=O) groups is 1. The van der Waals surface area contributed by atoms with Gasteiger partial charge >= 0.3 is 6.03 Å². The van der Waals surface area contributed by atoms with E-state index in [1.165, 1.54) is 16.1 Å². The molecule has 3 heterocycles. The Kier molecular flexibility index (Phi) is 6.99. The van der Waals surface area contributed by atoms with E-state index in [1.54, 1.807) is 16.2 Å². The summed E-state index contributed by atoms with van der Waals surface area (Å²) in [7, 11) is 1.94. The van der Waals surface area contributed by atoms with Gasteiger partial charge in [-0.2, -0.15) is 0 Å². The average molecular weight is 376 g/mol. The first kappa shape index (κ1) is 20.2. The van der Waals surface area contributed by atoms with E-state index in [2.05, 4.69) is 41.9 Å². The second-order valence-electron chi connectivity index (χ2n) is 6.15. The number of thiazole rings is 1. The Labute approximate surface area is 159 Å². The monoisotopic (exact) mass is 375 g/mol. The van der Waals surface area contributed by atoms with Crippen molar-refractivity contribution >= 4 is 27.9 Å². The van der Waals surface area contributed by atoms with Crippen LogP contribution in [0, 0.1) is 0 Å². The maximum absolute atomic E-state index is 11.3. The van der Waals surface area contributed by atoms with Gasteiger partial charge in [-0.15, -0.1) is 0 Å². The molecule has 0 saturated carbocycles. The van der Waals surface area contributed by atoms with Crippen LogP contribution in [-0.4, -0.2) is 40.5 Å². The average Bonchev–Trinajstić information content (AvgIpc) is 3.19. The number of likely N-dealkylation sites (N-methyl/N-ethyl adjacent to an activating group) is 1. The zero-order chi connectivity index (χ0) is 19.3. The van der Waals surface area contributed by atoms with Gasteiger partial charge in [0.25, 0.3) is 0 Å². The third-order valence-corrected chi connectivity index (χ3v) is 5.32. The van der Waals surface area contributed by atoms with Crippen molar-refractivity contribution in [2.24, 2.45) is 5.73 Å². The third kappa shape index (κ3) is 4.34. The first-order chi connectivity index (χ1) is 12.5. The van der Waals surface area contributed by atoms with E-state index in [-0.39, 0.29) is 6.03 Å². The molecule has 7 heteroatoms. The molecule has 6 nitrogen and oxygen atoms in total. The smallest absolute Gasteiger partial charge is 0.315 e. The van der Waals surface area contributed by atoms with E-state index < -0.39 is 0 Å². The maximum Gasteiger partial charge on any atom is 0.315 e. The Bertz CT molecular complexity index is 830. The largest absolute Gasteiger partial charge is 0.351 e. The quantitative estimate of drug-likeness (QED) is 0.804. The van der Waals surface area contributed by atoms with Gasteiger partial charge in [0.2, 0.25) is 0 Å². The van der Waals surface area contributed by atoms with Crippen molar-refractivity contribution < 1.29 is 4.79 Å². The summed E-state index contributed by atoms with van der Waals surface area (Å²) < 4.78 is 2.16. The predicted octanol–water partition coefficient (Wildman–Crippen LogP) is 3.43. The Hall–Kier alpha value is -2.12. The second-order valence-corrected chi connectivity index (χ2v) is 7.22. The molecule has 26 heavy (non-hydrogen) atoms.